The van der Waals surface area contributed by atoms with Gasteiger partial charge in [-0.1, -0.05) is 31.0 Å². The van der Waals surface area contributed by atoms with E-state index in [-0.39, 0.29) is 35.8 Å². The molecule has 3 aliphatic rings. The average molecular weight is 397 g/mol. The number of carbonyl (C=O) groups is 2. The number of aryl methyl sites for hydroxylation is 3. The van der Waals surface area contributed by atoms with Crippen LogP contribution in [0, 0.1) is 43.9 Å². The van der Waals surface area contributed by atoms with Crippen LogP contribution in [0.25, 0.3) is 5.57 Å². The van der Waals surface area contributed by atoms with E-state index < -0.39 is 5.41 Å². The normalized spacial score (nSPS) is 30.9. The number of Topliss-reactive ketones (excluding diaryl/α,β-unsaturated/α-hetero) is 1. The molecule has 2 fully saturated rings. The Bertz CT molecular complexity index is 894. The van der Waals surface area contributed by atoms with E-state index in [1.807, 2.05) is 34.6 Å². The third-order valence-corrected chi connectivity index (χ3v) is 6.84. The van der Waals surface area contributed by atoms with Gasteiger partial charge >= 0.3 is 5.97 Å². The molecular formula is C25H32O4. The zero-order valence-corrected chi connectivity index (χ0v) is 18.6. The van der Waals surface area contributed by atoms with Crippen LogP contribution in [0.15, 0.2) is 17.9 Å². The van der Waals surface area contributed by atoms with Crippen molar-refractivity contribution in [3.63, 3.8) is 0 Å². The Kier molecular flexibility index (Phi) is 4.77. The van der Waals surface area contributed by atoms with E-state index in [9.17, 15) is 9.59 Å². The summed E-state index contributed by atoms with van der Waals surface area (Å²) in [6.45, 7) is 13.8. The minimum atomic E-state index is -0.638. The molecular weight excluding hydrogens is 364 g/mol. The van der Waals surface area contributed by atoms with Crippen molar-refractivity contribution in [3.8, 4) is 0 Å². The molecule has 29 heavy (non-hydrogen) atoms. The molecule has 1 aliphatic carbocycles. The number of ketones is 1. The lowest BCUT2D eigenvalue weighted by Crippen LogP contribution is -2.35. The van der Waals surface area contributed by atoms with E-state index in [4.69, 9.17) is 9.47 Å². The molecule has 0 saturated carbocycles. The summed E-state index contributed by atoms with van der Waals surface area (Å²) in [6, 6.07) is 4.19. The molecule has 0 spiro atoms. The Labute approximate surface area is 173 Å². The van der Waals surface area contributed by atoms with Crippen LogP contribution in [-0.2, 0) is 19.1 Å². The molecule has 0 amide bonds. The van der Waals surface area contributed by atoms with Crippen LogP contribution < -0.4 is 0 Å². The highest BCUT2D eigenvalue weighted by molar-refractivity contribution is 6.26. The second-order valence-electron chi connectivity index (χ2n) is 10.1. The lowest BCUT2D eigenvalue weighted by molar-refractivity contribution is -0.149. The second kappa shape index (κ2) is 6.80. The number of carbonyl (C=O) groups excluding carboxylic acids is 2. The van der Waals surface area contributed by atoms with Crippen molar-refractivity contribution in [1.82, 2.24) is 0 Å². The molecule has 1 aromatic carbocycles. The number of esters is 1. The number of allylic oxidation sites excluding steroid dienone is 1. The van der Waals surface area contributed by atoms with Crippen LogP contribution in [-0.4, -0.2) is 24.0 Å². The molecule has 5 atom stereocenters. The number of rotatable bonds is 3. The van der Waals surface area contributed by atoms with E-state index in [1.165, 1.54) is 0 Å². The van der Waals surface area contributed by atoms with Crippen LogP contribution in [0.5, 0.6) is 0 Å². The zero-order valence-electron chi connectivity index (χ0n) is 18.6. The fourth-order valence-electron chi connectivity index (χ4n) is 5.54. The monoisotopic (exact) mass is 396 g/mol. The molecule has 1 aromatic rings. The van der Waals surface area contributed by atoms with Gasteiger partial charge in [-0.05, 0) is 70.6 Å². The number of fused-ring (bicyclic) bond motifs is 5. The fraction of sp³-hybridized carbons (Fsp3) is 0.600. The number of ether oxygens (including phenoxy) is 2. The molecule has 2 heterocycles. The molecule has 0 unspecified atom stereocenters. The van der Waals surface area contributed by atoms with Gasteiger partial charge in [0.2, 0.25) is 0 Å². The third kappa shape index (κ3) is 3.07. The van der Waals surface area contributed by atoms with Gasteiger partial charge in [-0.25, -0.2) is 0 Å². The minimum absolute atomic E-state index is 0.0368. The van der Waals surface area contributed by atoms with Crippen LogP contribution in [0.4, 0.5) is 0 Å². The van der Waals surface area contributed by atoms with E-state index in [0.29, 0.717) is 17.3 Å². The molecule has 2 aliphatic heterocycles. The molecule has 4 rings (SSSR count). The summed E-state index contributed by atoms with van der Waals surface area (Å²) in [6.07, 6.45) is 1.84. The van der Waals surface area contributed by atoms with Crippen LogP contribution in [0.1, 0.15) is 62.8 Å². The molecule has 0 radical (unpaired) electrons. The predicted molar refractivity (Wildman–Crippen MR) is 112 cm³/mol. The lowest BCUT2D eigenvalue weighted by atomic mass is 9.73. The third-order valence-electron chi connectivity index (χ3n) is 6.84. The Balaban J connectivity index is 1.87. The summed E-state index contributed by atoms with van der Waals surface area (Å²) in [7, 11) is 0. The van der Waals surface area contributed by atoms with Gasteiger partial charge < -0.3 is 9.47 Å². The first-order chi connectivity index (χ1) is 13.5. The first kappa shape index (κ1) is 20.3. The van der Waals surface area contributed by atoms with Gasteiger partial charge in [-0.15, -0.1) is 0 Å². The van der Waals surface area contributed by atoms with Crippen molar-refractivity contribution in [1.29, 1.82) is 0 Å². The van der Waals surface area contributed by atoms with Crippen molar-refractivity contribution in [2.24, 2.45) is 23.2 Å². The summed E-state index contributed by atoms with van der Waals surface area (Å²) < 4.78 is 12.3. The van der Waals surface area contributed by atoms with Gasteiger partial charge in [-0.3, -0.25) is 9.59 Å². The zero-order chi connectivity index (χ0) is 21.2. The summed E-state index contributed by atoms with van der Waals surface area (Å²) in [5.74, 6) is 0.387. The Morgan fingerprint density at radius 3 is 2.31 bits per heavy atom. The van der Waals surface area contributed by atoms with Gasteiger partial charge in [0, 0.05) is 0 Å². The maximum absolute atomic E-state index is 13.7. The Hall–Kier alpha value is -1.94. The number of benzene rings is 1. The molecule has 2 saturated heterocycles. The highest BCUT2D eigenvalue weighted by Gasteiger charge is 2.63. The predicted octanol–water partition coefficient (Wildman–Crippen LogP) is 4.92. The summed E-state index contributed by atoms with van der Waals surface area (Å²) in [5.41, 5.74) is 4.17. The van der Waals surface area contributed by atoms with Crippen molar-refractivity contribution in [3.05, 3.63) is 40.1 Å². The fourth-order valence-corrected chi connectivity index (χ4v) is 5.54. The average Bonchev–Trinajstić information content (AvgIpc) is 3.26. The van der Waals surface area contributed by atoms with E-state index in [2.05, 4.69) is 26.0 Å². The summed E-state index contributed by atoms with van der Waals surface area (Å²) in [4.78, 5) is 26.6. The maximum Gasteiger partial charge on any atom is 0.316 e. The second-order valence-corrected chi connectivity index (χ2v) is 10.1. The molecule has 0 N–H and O–H groups in total. The van der Waals surface area contributed by atoms with Crippen molar-refractivity contribution < 1.29 is 19.1 Å². The molecule has 4 nitrogen and oxygen atoms in total. The SMILES string of the molecule is CC[C@H]1C[C@@H]2O[C@H]1[C@H]1C(=O)C(c3c(C)cc(C)cc3C)=C(OC(=O)C(C)(C)C)[C@H]12. The van der Waals surface area contributed by atoms with E-state index >= 15 is 0 Å². The summed E-state index contributed by atoms with van der Waals surface area (Å²) >= 11 is 0. The first-order valence-corrected chi connectivity index (χ1v) is 10.8. The lowest BCUT2D eigenvalue weighted by Gasteiger charge is -2.28. The molecule has 2 bridgehead atoms. The molecule has 0 aromatic heterocycles. The number of hydrogen-bond donors (Lipinski definition) is 0. The van der Waals surface area contributed by atoms with Gasteiger partial charge in [-0.2, -0.15) is 0 Å². The highest BCUT2D eigenvalue weighted by atomic mass is 16.6. The molecule has 156 valence electrons. The van der Waals surface area contributed by atoms with Crippen molar-refractivity contribution in [2.75, 3.05) is 0 Å². The Morgan fingerprint density at radius 1 is 1.14 bits per heavy atom. The topological polar surface area (TPSA) is 52.6 Å². The molecule has 4 heteroatoms. The van der Waals surface area contributed by atoms with Crippen molar-refractivity contribution in [2.45, 2.75) is 73.5 Å². The van der Waals surface area contributed by atoms with Crippen molar-refractivity contribution >= 4 is 17.3 Å². The Morgan fingerprint density at radius 2 is 1.76 bits per heavy atom. The van der Waals surface area contributed by atoms with Gasteiger partial charge in [0.1, 0.15) is 5.76 Å². The quantitative estimate of drug-likeness (QED) is 0.680. The standard InChI is InChI=1S/C25H32O4/c1-8-15-11-16-18-20(22(15)28-16)21(26)19(23(18)29-24(27)25(5,6)7)17-13(3)9-12(2)10-14(17)4/h9-10,15-16,18,20,22H,8,11H2,1-7H3/t15-,16-,18-,20+,22+/m0/s1. The van der Waals surface area contributed by atoms with E-state index in [0.717, 1.165) is 35.1 Å². The minimum Gasteiger partial charge on any atom is -0.429 e. The van der Waals surface area contributed by atoms with E-state index in [1.54, 1.807) is 0 Å². The maximum atomic E-state index is 13.7. The van der Waals surface area contributed by atoms with Gasteiger partial charge in [0.25, 0.3) is 0 Å². The number of hydrogen-bond acceptors (Lipinski definition) is 4. The van der Waals surface area contributed by atoms with Gasteiger partial charge in [0.05, 0.1) is 35.0 Å². The summed E-state index contributed by atoms with van der Waals surface area (Å²) in [5, 5.41) is 0. The van der Waals surface area contributed by atoms with Crippen LogP contribution in [0.3, 0.4) is 0 Å². The van der Waals surface area contributed by atoms with Crippen LogP contribution >= 0.6 is 0 Å². The van der Waals surface area contributed by atoms with Gasteiger partial charge in [0.15, 0.2) is 5.78 Å². The highest BCUT2D eigenvalue weighted by Crippen LogP contribution is 2.57. The smallest absolute Gasteiger partial charge is 0.316 e. The van der Waals surface area contributed by atoms with Crippen LogP contribution in [0.2, 0.25) is 0 Å². The first-order valence-electron chi connectivity index (χ1n) is 10.8. The largest absolute Gasteiger partial charge is 0.429 e.